The van der Waals surface area contributed by atoms with Gasteiger partial charge in [-0.3, -0.25) is 4.84 Å². The second-order valence-electron chi connectivity index (χ2n) is 7.73. The highest BCUT2D eigenvalue weighted by molar-refractivity contribution is 7.10. The molecule has 0 spiro atoms. The zero-order valence-corrected chi connectivity index (χ0v) is 14.4. The van der Waals surface area contributed by atoms with Crippen molar-refractivity contribution in [2.24, 2.45) is 11.3 Å². The van der Waals surface area contributed by atoms with E-state index >= 15 is 0 Å². The second kappa shape index (κ2) is 4.56. The largest absolute Gasteiger partial charge is 0.293 e. The lowest BCUT2D eigenvalue weighted by Gasteiger charge is -2.49. The molecule has 1 saturated carbocycles. The minimum atomic E-state index is -0.0628. The fourth-order valence-corrected chi connectivity index (χ4v) is 5.84. The molecule has 0 aromatic carbocycles. The molecule has 3 rings (SSSR count). The molecule has 1 saturated heterocycles. The fourth-order valence-electron chi connectivity index (χ4n) is 5.08. The van der Waals surface area contributed by atoms with Crippen molar-refractivity contribution in [2.75, 3.05) is 7.05 Å². The zero-order chi connectivity index (χ0) is 14.7. The first-order valence-corrected chi connectivity index (χ1v) is 8.58. The van der Waals surface area contributed by atoms with E-state index in [-0.39, 0.29) is 11.0 Å². The summed E-state index contributed by atoms with van der Waals surface area (Å²) in [6.07, 6.45) is 2.52. The highest BCUT2D eigenvalue weighted by Crippen LogP contribution is 2.58. The van der Waals surface area contributed by atoms with Gasteiger partial charge in [-0.25, -0.2) is 0 Å². The van der Waals surface area contributed by atoms with E-state index in [4.69, 9.17) is 4.84 Å². The Bertz CT molecular complexity index is 505. The van der Waals surface area contributed by atoms with Gasteiger partial charge in [0, 0.05) is 23.9 Å². The highest BCUT2D eigenvalue weighted by atomic mass is 32.1. The molecule has 2 aliphatic rings. The normalized spacial score (nSPS) is 36.0. The molecule has 0 bridgehead atoms. The number of fused-ring (bicyclic) bond motifs is 1. The molecule has 20 heavy (non-hydrogen) atoms. The average molecular weight is 293 g/mol. The Morgan fingerprint density at radius 3 is 2.55 bits per heavy atom. The van der Waals surface area contributed by atoms with Gasteiger partial charge in [0.25, 0.3) is 0 Å². The Kier molecular flexibility index (Phi) is 3.32. The third kappa shape index (κ3) is 2.06. The van der Waals surface area contributed by atoms with Crippen molar-refractivity contribution in [1.29, 1.82) is 0 Å². The van der Waals surface area contributed by atoms with Crippen LogP contribution < -0.4 is 0 Å². The predicted molar refractivity (Wildman–Crippen MR) is 85.0 cm³/mol. The standard InChI is InChI=1S/C17H27NOS/c1-11-9-12(10-20-11)13-7-8-14-15(16(13,2)3)17(4,5)19-18(14)6/h9-10,13-15H,7-8H2,1-6H3. The molecule has 2 heterocycles. The van der Waals surface area contributed by atoms with E-state index in [2.05, 4.69) is 58.2 Å². The van der Waals surface area contributed by atoms with Gasteiger partial charge in [-0.2, -0.15) is 5.06 Å². The van der Waals surface area contributed by atoms with Gasteiger partial charge in [0.1, 0.15) is 0 Å². The predicted octanol–water partition coefficient (Wildman–Crippen LogP) is 4.60. The minimum absolute atomic E-state index is 0.0628. The molecule has 1 aromatic rings. The monoisotopic (exact) mass is 293 g/mol. The zero-order valence-electron chi connectivity index (χ0n) is 13.6. The Morgan fingerprint density at radius 1 is 1.25 bits per heavy atom. The Balaban J connectivity index is 1.98. The summed E-state index contributed by atoms with van der Waals surface area (Å²) in [7, 11) is 2.11. The smallest absolute Gasteiger partial charge is 0.0892 e. The van der Waals surface area contributed by atoms with Gasteiger partial charge >= 0.3 is 0 Å². The van der Waals surface area contributed by atoms with E-state index in [0.717, 1.165) is 0 Å². The summed E-state index contributed by atoms with van der Waals surface area (Å²) in [6.45, 7) is 11.6. The van der Waals surface area contributed by atoms with Crippen molar-refractivity contribution in [3.63, 3.8) is 0 Å². The van der Waals surface area contributed by atoms with Gasteiger partial charge in [0.05, 0.1) is 5.60 Å². The lowest BCUT2D eigenvalue weighted by Crippen LogP contribution is -2.49. The molecule has 3 atom stereocenters. The third-order valence-corrected chi connectivity index (χ3v) is 6.46. The van der Waals surface area contributed by atoms with Crippen LogP contribution in [0.3, 0.4) is 0 Å². The van der Waals surface area contributed by atoms with Crippen molar-refractivity contribution in [3.05, 3.63) is 21.9 Å². The van der Waals surface area contributed by atoms with Gasteiger partial charge in [-0.15, -0.1) is 11.3 Å². The summed E-state index contributed by atoms with van der Waals surface area (Å²) in [6, 6.07) is 2.96. The summed E-state index contributed by atoms with van der Waals surface area (Å²) >= 11 is 1.88. The molecule has 0 N–H and O–H groups in total. The van der Waals surface area contributed by atoms with E-state index in [1.807, 2.05) is 11.3 Å². The molecule has 0 radical (unpaired) electrons. The maximum Gasteiger partial charge on any atom is 0.0892 e. The highest BCUT2D eigenvalue weighted by Gasteiger charge is 2.58. The van der Waals surface area contributed by atoms with Gasteiger partial charge in [-0.1, -0.05) is 13.8 Å². The summed E-state index contributed by atoms with van der Waals surface area (Å²) in [5, 5.41) is 4.50. The quantitative estimate of drug-likeness (QED) is 0.750. The van der Waals surface area contributed by atoms with E-state index in [1.165, 1.54) is 17.7 Å². The van der Waals surface area contributed by atoms with E-state index in [0.29, 0.717) is 17.9 Å². The van der Waals surface area contributed by atoms with Crippen molar-refractivity contribution in [1.82, 2.24) is 5.06 Å². The minimum Gasteiger partial charge on any atom is -0.293 e. The van der Waals surface area contributed by atoms with E-state index in [9.17, 15) is 0 Å². The number of rotatable bonds is 1. The Morgan fingerprint density at radius 2 is 1.95 bits per heavy atom. The lowest BCUT2D eigenvalue weighted by molar-refractivity contribution is -0.180. The first-order chi connectivity index (χ1) is 9.23. The number of hydroxylamine groups is 2. The molecule has 2 fully saturated rings. The van der Waals surface area contributed by atoms with Crippen LogP contribution in [-0.2, 0) is 4.84 Å². The molecule has 2 nitrogen and oxygen atoms in total. The number of nitrogens with zero attached hydrogens (tertiary/aromatic N) is 1. The molecule has 1 aliphatic heterocycles. The molecule has 112 valence electrons. The molecule has 1 aliphatic carbocycles. The van der Waals surface area contributed by atoms with Crippen molar-refractivity contribution < 1.29 is 4.84 Å². The SMILES string of the molecule is Cc1cc(C2CCC3C(C(C)(C)ON3C)C2(C)C)cs1. The molecule has 3 unspecified atom stereocenters. The number of hydrogen-bond acceptors (Lipinski definition) is 3. The Hall–Kier alpha value is -0.380. The topological polar surface area (TPSA) is 12.5 Å². The van der Waals surface area contributed by atoms with Crippen LogP contribution in [0.25, 0.3) is 0 Å². The van der Waals surface area contributed by atoms with Crippen LogP contribution in [-0.4, -0.2) is 23.8 Å². The Labute approximate surface area is 127 Å². The van der Waals surface area contributed by atoms with E-state index < -0.39 is 0 Å². The van der Waals surface area contributed by atoms with Crippen LogP contribution in [0.4, 0.5) is 0 Å². The molecular weight excluding hydrogens is 266 g/mol. The summed E-state index contributed by atoms with van der Waals surface area (Å²) in [4.78, 5) is 7.58. The van der Waals surface area contributed by atoms with Gasteiger partial charge in [0.2, 0.25) is 0 Å². The fraction of sp³-hybridized carbons (Fsp3) is 0.765. The summed E-state index contributed by atoms with van der Waals surface area (Å²) < 4.78 is 0. The maximum atomic E-state index is 6.16. The second-order valence-corrected chi connectivity index (χ2v) is 8.84. The van der Waals surface area contributed by atoms with Crippen LogP contribution in [0.5, 0.6) is 0 Å². The third-order valence-electron chi connectivity index (χ3n) is 5.58. The van der Waals surface area contributed by atoms with Crippen LogP contribution in [0.1, 0.15) is 56.9 Å². The lowest BCUT2D eigenvalue weighted by atomic mass is 9.55. The van der Waals surface area contributed by atoms with Gasteiger partial charge in [0.15, 0.2) is 0 Å². The van der Waals surface area contributed by atoms with Crippen LogP contribution in [0.15, 0.2) is 11.4 Å². The number of aryl methyl sites for hydroxylation is 1. The molecular formula is C17H27NOS. The maximum absolute atomic E-state index is 6.16. The first kappa shape index (κ1) is 14.6. The summed E-state index contributed by atoms with van der Waals surface area (Å²) in [5.74, 6) is 1.24. The van der Waals surface area contributed by atoms with Crippen molar-refractivity contribution in [3.8, 4) is 0 Å². The number of hydrogen-bond donors (Lipinski definition) is 0. The summed E-state index contributed by atoms with van der Waals surface area (Å²) in [5.41, 5.74) is 1.75. The first-order valence-electron chi connectivity index (χ1n) is 7.70. The van der Waals surface area contributed by atoms with E-state index in [1.54, 1.807) is 5.56 Å². The molecule has 0 amide bonds. The van der Waals surface area contributed by atoms with Crippen molar-refractivity contribution >= 4 is 11.3 Å². The molecule has 1 aromatic heterocycles. The van der Waals surface area contributed by atoms with Gasteiger partial charge in [-0.05, 0) is 62.0 Å². The van der Waals surface area contributed by atoms with Crippen LogP contribution >= 0.6 is 11.3 Å². The van der Waals surface area contributed by atoms with Crippen LogP contribution in [0.2, 0.25) is 0 Å². The van der Waals surface area contributed by atoms with Crippen molar-refractivity contribution in [2.45, 2.75) is 65.0 Å². The molecule has 3 heteroatoms. The average Bonchev–Trinajstić information content (AvgIpc) is 2.81. The van der Waals surface area contributed by atoms with Gasteiger partial charge < -0.3 is 0 Å². The number of thiophene rings is 1. The van der Waals surface area contributed by atoms with Crippen LogP contribution in [0, 0.1) is 18.3 Å².